The minimum atomic E-state index is -3.44. The third-order valence-corrected chi connectivity index (χ3v) is 5.77. The van der Waals surface area contributed by atoms with Crippen LogP contribution in [0.15, 0.2) is 18.2 Å². The molecular formula is C13H18N2O4S. The van der Waals surface area contributed by atoms with Crippen LogP contribution in [0.25, 0.3) is 0 Å². The van der Waals surface area contributed by atoms with Gasteiger partial charge in [0.15, 0.2) is 0 Å². The van der Waals surface area contributed by atoms with Gasteiger partial charge in [0.05, 0.1) is 13.2 Å². The highest BCUT2D eigenvalue weighted by molar-refractivity contribution is 7.86. The zero-order chi connectivity index (χ0) is 14.2. The van der Waals surface area contributed by atoms with Gasteiger partial charge in [-0.1, -0.05) is 6.07 Å². The summed E-state index contributed by atoms with van der Waals surface area (Å²) in [5.41, 5.74) is 1.99. The molecule has 110 valence electrons. The second-order valence-electron chi connectivity index (χ2n) is 5.06. The number of rotatable bonds is 2. The Kier molecular flexibility index (Phi) is 3.68. The Morgan fingerprint density at radius 1 is 1.05 bits per heavy atom. The number of phenols is 1. The molecule has 2 heterocycles. The Labute approximate surface area is 118 Å². The maximum absolute atomic E-state index is 12.6. The van der Waals surface area contributed by atoms with Crippen LogP contribution in [0, 0.1) is 0 Å². The highest BCUT2D eigenvalue weighted by atomic mass is 32.2. The van der Waals surface area contributed by atoms with Crippen molar-refractivity contribution in [2.45, 2.75) is 13.0 Å². The largest absolute Gasteiger partial charge is 0.508 e. The van der Waals surface area contributed by atoms with Gasteiger partial charge in [-0.25, -0.2) is 0 Å². The lowest BCUT2D eigenvalue weighted by atomic mass is 10.0. The van der Waals surface area contributed by atoms with Gasteiger partial charge in [0.1, 0.15) is 5.75 Å². The van der Waals surface area contributed by atoms with Crippen molar-refractivity contribution in [3.8, 4) is 5.75 Å². The first-order chi connectivity index (χ1) is 9.57. The number of hydrogen-bond donors (Lipinski definition) is 1. The number of morpholine rings is 1. The molecule has 1 fully saturated rings. The third kappa shape index (κ3) is 2.54. The van der Waals surface area contributed by atoms with E-state index in [1.807, 2.05) is 6.07 Å². The van der Waals surface area contributed by atoms with E-state index in [0.717, 1.165) is 11.1 Å². The molecule has 1 saturated heterocycles. The number of benzene rings is 1. The monoisotopic (exact) mass is 298 g/mol. The molecule has 0 unspecified atom stereocenters. The second-order valence-corrected chi connectivity index (χ2v) is 6.98. The van der Waals surface area contributed by atoms with Crippen molar-refractivity contribution in [3.63, 3.8) is 0 Å². The lowest BCUT2D eigenvalue weighted by molar-refractivity contribution is 0.0699. The molecule has 1 N–H and O–H groups in total. The fourth-order valence-electron chi connectivity index (χ4n) is 2.66. The Morgan fingerprint density at radius 3 is 2.55 bits per heavy atom. The molecule has 3 rings (SSSR count). The number of hydrogen-bond acceptors (Lipinski definition) is 4. The van der Waals surface area contributed by atoms with Gasteiger partial charge in [-0.15, -0.1) is 0 Å². The van der Waals surface area contributed by atoms with E-state index >= 15 is 0 Å². The molecular weight excluding hydrogens is 280 g/mol. The number of fused-ring (bicyclic) bond motifs is 1. The number of nitrogens with zero attached hydrogens (tertiary/aromatic N) is 2. The Morgan fingerprint density at radius 2 is 1.80 bits per heavy atom. The normalized spacial score (nSPS) is 21.6. The van der Waals surface area contributed by atoms with Crippen molar-refractivity contribution in [2.24, 2.45) is 0 Å². The molecule has 6 nitrogen and oxygen atoms in total. The lowest BCUT2D eigenvalue weighted by Crippen LogP contribution is -2.49. The van der Waals surface area contributed by atoms with Crippen LogP contribution in [0.4, 0.5) is 0 Å². The molecule has 0 spiro atoms. The van der Waals surface area contributed by atoms with E-state index in [0.29, 0.717) is 45.8 Å². The molecule has 7 heteroatoms. The highest BCUT2D eigenvalue weighted by Gasteiger charge is 2.33. The van der Waals surface area contributed by atoms with Gasteiger partial charge in [0, 0.05) is 26.2 Å². The summed E-state index contributed by atoms with van der Waals surface area (Å²) in [6.07, 6.45) is 0.680. The standard InChI is InChI=1S/C13H18N2O4S/c16-13-2-1-11-3-4-15(10-12(11)9-13)20(17,18)14-5-7-19-8-6-14/h1-2,9,16H,3-8,10H2. The molecule has 20 heavy (non-hydrogen) atoms. The highest BCUT2D eigenvalue weighted by Crippen LogP contribution is 2.26. The molecule has 0 aromatic heterocycles. The number of aromatic hydroxyl groups is 1. The summed E-state index contributed by atoms with van der Waals surface area (Å²) in [5, 5.41) is 9.53. The van der Waals surface area contributed by atoms with Gasteiger partial charge in [0.2, 0.25) is 0 Å². The molecule has 0 radical (unpaired) electrons. The Bertz CT molecular complexity index is 596. The maximum Gasteiger partial charge on any atom is 0.282 e. The van der Waals surface area contributed by atoms with Crippen LogP contribution in [0.3, 0.4) is 0 Å². The molecule has 0 amide bonds. The summed E-state index contributed by atoms with van der Waals surface area (Å²) in [7, 11) is -3.44. The molecule has 2 aliphatic rings. The van der Waals surface area contributed by atoms with Gasteiger partial charge in [-0.2, -0.15) is 17.0 Å². The topological polar surface area (TPSA) is 70.1 Å². The number of ether oxygens (including phenoxy) is 1. The van der Waals surface area contributed by atoms with Gasteiger partial charge >= 0.3 is 0 Å². The summed E-state index contributed by atoms with van der Waals surface area (Å²) in [6.45, 7) is 2.52. The molecule has 1 aromatic carbocycles. The molecule has 0 aliphatic carbocycles. The lowest BCUT2D eigenvalue weighted by Gasteiger charge is -2.34. The van der Waals surface area contributed by atoms with Crippen molar-refractivity contribution >= 4 is 10.2 Å². The first-order valence-electron chi connectivity index (χ1n) is 6.71. The maximum atomic E-state index is 12.6. The summed E-state index contributed by atoms with van der Waals surface area (Å²) >= 11 is 0. The zero-order valence-corrected chi connectivity index (χ0v) is 12.0. The average molecular weight is 298 g/mol. The van der Waals surface area contributed by atoms with Crippen LogP contribution in [0.5, 0.6) is 5.75 Å². The van der Waals surface area contributed by atoms with Crippen LogP contribution >= 0.6 is 0 Å². The summed E-state index contributed by atoms with van der Waals surface area (Å²) in [5.74, 6) is 0.175. The van der Waals surface area contributed by atoms with Gasteiger partial charge < -0.3 is 9.84 Å². The molecule has 0 atom stereocenters. The van der Waals surface area contributed by atoms with E-state index < -0.39 is 10.2 Å². The zero-order valence-electron chi connectivity index (χ0n) is 11.2. The van der Waals surface area contributed by atoms with Gasteiger partial charge in [-0.3, -0.25) is 0 Å². The summed E-state index contributed by atoms with van der Waals surface area (Å²) in [4.78, 5) is 0. The van der Waals surface area contributed by atoms with E-state index in [1.165, 1.54) is 8.61 Å². The predicted octanol–water partition coefficient (Wildman–Crippen LogP) is 0.327. The summed E-state index contributed by atoms with van der Waals surface area (Å²) < 4.78 is 33.3. The van der Waals surface area contributed by atoms with Crippen LogP contribution < -0.4 is 0 Å². The van der Waals surface area contributed by atoms with E-state index in [2.05, 4.69) is 0 Å². The van der Waals surface area contributed by atoms with Crippen LogP contribution in [0.1, 0.15) is 11.1 Å². The molecule has 2 aliphatic heterocycles. The van der Waals surface area contributed by atoms with E-state index in [1.54, 1.807) is 12.1 Å². The fraction of sp³-hybridized carbons (Fsp3) is 0.538. The van der Waals surface area contributed by atoms with E-state index in [4.69, 9.17) is 4.74 Å². The molecule has 0 saturated carbocycles. The first kappa shape index (κ1) is 13.8. The second kappa shape index (κ2) is 5.33. The van der Waals surface area contributed by atoms with Crippen molar-refractivity contribution in [1.29, 1.82) is 0 Å². The first-order valence-corrected chi connectivity index (χ1v) is 8.11. The Hall–Kier alpha value is -1.15. The quantitative estimate of drug-likeness (QED) is 0.854. The third-order valence-electron chi connectivity index (χ3n) is 3.79. The fourth-order valence-corrected chi connectivity index (χ4v) is 4.22. The predicted molar refractivity (Wildman–Crippen MR) is 73.5 cm³/mol. The minimum absolute atomic E-state index is 0.175. The van der Waals surface area contributed by atoms with Crippen molar-refractivity contribution in [2.75, 3.05) is 32.8 Å². The Balaban J connectivity index is 1.82. The molecule has 0 bridgehead atoms. The SMILES string of the molecule is O=S(=O)(N1CCOCC1)N1CCc2ccc(O)cc2C1. The van der Waals surface area contributed by atoms with Crippen molar-refractivity contribution in [3.05, 3.63) is 29.3 Å². The van der Waals surface area contributed by atoms with Crippen molar-refractivity contribution in [1.82, 2.24) is 8.61 Å². The van der Waals surface area contributed by atoms with Gasteiger partial charge in [-0.05, 0) is 29.7 Å². The van der Waals surface area contributed by atoms with Gasteiger partial charge in [0.25, 0.3) is 10.2 Å². The van der Waals surface area contributed by atoms with E-state index in [9.17, 15) is 13.5 Å². The van der Waals surface area contributed by atoms with Crippen molar-refractivity contribution < 1.29 is 18.3 Å². The smallest absolute Gasteiger partial charge is 0.282 e. The minimum Gasteiger partial charge on any atom is -0.508 e. The molecule has 1 aromatic rings. The average Bonchev–Trinajstić information content (AvgIpc) is 2.47. The van der Waals surface area contributed by atoms with Crippen LogP contribution in [-0.2, 0) is 27.9 Å². The summed E-state index contributed by atoms with van der Waals surface area (Å²) in [6, 6.07) is 5.16. The van der Waals surface area contributed by atoms with Crippen LogP contribution in [0.2, 0.25) is 0 Å². The number of phenolic OH excluding ortho intramolecular Hbond substituents is 1. The van der Waals surface area contributed by atoms with Crippen LogP contribution in [-0.4, -0.2) is 55.0 Å². The van der Waals surface area contributed by atoms with E-state index in [-0.39, 0.29) is 5.75 Å².